The van der Waals surface area contributed by atoms with Gasteiger partial charge in [0.25, 0.3) is 0 Å². The van der Waals surface area contributed by atoms with Crippen molar-refractivity contribution >= 4 is 10.9 Å². The third kappa shape index (κ3) is 1.68. The minimum atomic E-state index is 0.693. The van der Waals surface area contributed by atoms with Gasteiger partial charge < -0.3 is 5.73 Å². The van der Waals surface area contributed by atoms with E-state index in [9.17, 15) is 0 Å². The number of hydrogen-bond donors (Lipinski definition) is 1. The number of pyridine rings is 1. The van der Waals surface area contributed by atoms with E-state index in [1.807, 2.05) is 12.3 Å². The monoisotopic (exact) mass is 172 g/mol. The molecule has 1 aromatic carbocycles. The number of hydrogen-bond acceptors (Lipinski definition) is 2. The summed E-state index contributed by atoms with van der Waals surface area (Å²) in [6.45, 7) is 0.693. The van der Waals surface area contributed by atoms with Gasteiger partial charge in [0.05, 0.1) is 5.52 Å². The summed E-state index contributed by atoms with van der Waals surface area (Å²) >= 11 is 0. The lowest BCUT2D eigenvalue weighted by molar-refractivity contribution is 0.970. The van der Waals surface area contributed by atoms with Crippen LogP contribution in [0.1, 0.15) is 5.56 Å². The molecule has 1 aromatic heterocycles. The van der Waals surface area contributed by atoms with E-state index < -0.39 is 0 Å². The number of benzene rings is 1. The summed E-state index contributed by atoms with van der Waals surface area (Å²) in [6, 6.07) is 10.3. The average molecular weight is 172 g/mol. The molecule has 0 amide bonds. The van der Waals surface area contributed by atoms with Crippen molar-refractivity contribution < 1.29 is 0 Å². The first-order valence-electron chi connectivity index (χ1n) is 4.44. The van der Waals surface area contributed by atoms with Crippen molar-refractivity contribution in [3.05, 3.63) is 42.1 Å². The lowest BCUT2D eigenvalue weighted by Gasteiger charge is -2.00. The van der Waals surface area contributed by atoms with E-state index in [2.05, 4.69) is 29.2 Å². The number of nitrogens with zero attached hydrogens (tertiary/aromatic N) is 1. The molecule has 0 saturated carbocycles. The molecule has 66 valence electrons. The van der Waals surface area contributed by atoms with Gasteiger partial charge >= 0.3 is 0 Å². The Morgan fingerprint density at radius 1 is 1.23 bits per heavy atom. The van der Waals surface area contributed by atoms with E-state index in [0.29, 0.717) is 6.54 Å². The van der Waals surface area contributed by atoms with Crippen molar-refractivity contribution in [3.63, 3.8) is 0 Å². The molecule has 0 atom stereocenters. The first-order chi connectivity index (χ1) is 6.40. The number of fused-ring (bicyclic) bond motifs is 1. The van der Waals surface area contributed by atoms with Gasteiger partial charge in [-0.2, -0.15) is 0 Å². The molecule has 0 saturated heterocycles. The number of rotatable bonds is 2. The van der Waals surface area contributed by atoms with E-state index in [4.69, 9.17) is 5.73 Å². The van der Waals surface area contributed by atoms with Crippen molar-refractivity contribution in [2.24, 2.45) is 5.73 Å². The second-order valence-corrected chi connectivity index (χ2v) is 3.07. The molecule has 2 aromatic rings. The average Bonchev–Trinajstić information content (AvgIpc) is 2.18. The summed E-state index contributed by atoms with van der Waals surface area (Å²) in [7, 11) is 0. The van der Waals surface area contributed by atoms with Crippen LogP contribution in [0.2, 0.25) is 0 Å². The van der Waals surface area contributed by atoms with Crippen molar-refractivity contribution in [1.29, 1.82) is 0 Å². The van der Waals surface area contributed by atoms with Crippen LogP contribution < -0.4 is 5.73 Å². The first-order valence-corrected chi connectivity index (χ1v) is 4.44. The third-order valence-electron chi connectivity index (χ3n) is 2.10. The fourth-order valence-electron chi connectivity index (χ4n) is 1.43. The van der Waals surface area contributed by atoms with Crippen molar-refractivity contribution in [1.82, 2.24) is 4.98 Å². The molecule has 0 bridgehead atoms. The third-order valence-corrected chi connectivity index (χ3v) is 2.10. The Labute approximate surface area is 77.4 Å². The Bertz CT molecular complexity index is 410. The lowest BCUT2D eigenvalue weighted by atomic mass is 10.1. The Hall–Kier alpha value is -1.41. The maximum Gasteiger partial charge on any atom is 0.0704 e. The van der Waals surface area contributed by atoms with Crippen LogP contribution in [-0.4, -0.2) is 11.5 Å². The van der Waals surface area contributed by atoms with Gasteiger partial charge in [0, 0.05) is 11.6 Å². The molecule has 2 N–H and O–H groups in total. The van der Waals surface area contributed by atoms with Crippen LogP contribution in [0.4, 0.5) is 0 Å². The maximum atomic E-state index is 5.48. The Morgan fingerprint density at radius 3 is 3.00 bits per heavy atom. The predicted molar refractivity (Wildman–Crippen MR) is 54.5 cm³/mol. The van der Waals surface area contributed by atoms with E-state index in [1.165, 1.54) is 10.9 Å². The first kappa shape index (κ1) is 8.20. The van der Waals surface area contributed by atoms with Crippen LogP contribution in [0.5, 0.6) is 0 Å². The van der Waals surface area contributed by atoms with Gasteiger partial charge in [-0.1, -0.05) is 18.2 Å². The van der Waals surface area contributed by atoms with Gasteiger partial charge in [-0.25, -0.2) is 0 Å². The maximum absolute atomic E-state index is 5.48. The van der Waals surface area contributed by atoms with Gasteiger partial charge in [-0.3, -0.25) is 4.98 Å². The molecule has 0 aliphatic rings. The summed E-state index contributed by atoms with van der Waals surface area (Å²) in [5, 5.41) is 1.18. The zero-order chi connectivity index (χ0) is 9.10. The number of aromatic nitrogens is 1. The SMILES string of the molecule is NCCc1ccc2cccnc2c1. The molecule has 13 heavy (non-hydrogen) atoms. The Kier molecular flexibility index (Phi) is 2.23. The molecule has 0 unspecified atom stereocenters. The fraction of sp³-hybridized carbons (Fsp3) is 0.182. The molecule has 2 heteroatoms. The number of nitrogens with two attached hydrogens (primary N) is 1. The highest BCUT2D eigenvalue weighted by atomic mass is 14.6. The normalized spacial score (nSPS) is 10.5. The molecule has 2 rings (SSSR count). The van der Waals surface area contributed by atoms with E-state index >= 15 is 0 Å². The molecule has 0 aliphatic heterocycles. The van der Waals surface area contributed by atoms with Gasteiger partial charge in [0.2, 0.25) is 0 Å². The van der Waals surface area contributed by atoms with E-state index in [1.54, 1.807) is 0 Å². The van der Waals surface area contributed by atoms with Crippen LogP contribution in [0, 0.1) is 0 Å². The highest BCUT2D eigenvalue weighted by molar-refractivity contribution is 5.78. The summed E-state index contributed by atoms with van der Waals surface area (Å²) in [5.41, 5.74) is 7.79. The summed E-state index contributed by atoms with van der Waals surface area (Å²) in [4.78, 5) is 4.28. The van der Waals surface area contributed by atoms with Gasteiger partial charge in [-0.05, 0) is 30.7 Å². The summed E-state index contributed by atoms with van der Waals surface area (Å²) < 4.78 is 0. The quantitative estimate of drug-likeness (QED) is 0.749. The zero-order valence-electron chi connectivity index (χ0n) is 7.40. The standard InChI is InChI=1S/C11H12N2/c12-6-5-9-3-4-10-2-1-7-13-11(10)8-9/h1-4,7-8H,5-6,12H2. The lowest BCUT2D eigenvalue weighted by Crippen LogP contribution is -2.02. The fourth-order valence-corrected chi connectivity index (χ4v) is 1.43. The van der Waals surface area contributed by atoms with Crippen LogP contribution in [0.25, 0.3) is 10.9 Å². The second-order valence-electron chi connectivity index (χ2n) is 3.07. The van der Waals surface area contributed by atoms with Crippen molar-refractivity contribution in [2.45, 2.75) is 6.42 Å². The summed E-state index contributed by atoms with van der Waals surface area (Å²) in [5.74, 6) is 0. The van der Waals surface area contributed by atoms with E-state index in [0.717, 1.165) is 11.9 Å². The molecular formula is C11H12N2. The minimum absolute atomic E-state index is 0.693. The molecular weight excluding hydrogens is 160 g/mol. The predicted octanol–water partition coefficient (Wildman–Crippen LogP) is 1.74. The molecule has 0 aliphatic carbocycles. The minimum Gasteiger partial charge on any atom is -0.330 e. The smallest absolute Gasteiger partial charge is 0.0704 e. The van der Waals surface area contributed by atoms with Crippen LogP contribution in [0.3, 0.4) is 0 Å². The van der Waals surface area contributed by atoms with Gasteiger partial charge in [0.15, 0.2) is 0 Å². The topological polar surface area (TPSA) is 38.9 Å². The van der Waals surface area contributed by atoms with Crippen LogP contribution >= 0.6 is 0 Å². The molecule has 0 radical (unpaired) electrons. The van der Waals surface area contributed by atoms with Crippen molar-refractivity contribution in [2.75, 3.05) is 6.54 Å². The Balaban J connectivity index is 2.49. The molecule has 1 heterocycles. The van der Waals surface area contributed by atoms with Gasteiger partial charge in [0.1, 0.15) is 0 Å². The largest absolute Gasteiger partial charge is 0.330 e. The summed E-state index contributed by atoms with van der Waals surface area (Å²) in [6.07, 6.45) is 2.74. The highest BCUT2D eigenvalue weighted by Gasteiger charge is 1.95. The van der Waals surface area contributed by atoms with Crippen LogP contribution in [-0.2, 0) is 6.42 Å². The second kappa shape index (κ2) is 3.54. The van der Waals surface area contributed by atoms with Gasteiger partial charge in [-0.15, -0.1) is 0 Å². The van der Waals surface area contributed by atoms with E-state index in [-0.39, 0.29) is 0 Å². The molecule has 0 fully saturated rings. The van der Waals surface area contributed by atoms with Crippen LogP contribution in [0.15, 0.2) is 36.5 Å². The van der Waals surface area contributed by atoms with Crippen molar-refractivity contribution in [3.8, 4) is 0 Å². The Morgan fingerprint density at radius 2 is 2.15 bits per heavy atom. The zero-order valence-corrected chi connectivity index (χ0v) is 7.40. The molecule has 0 spiro atoms. The molecule has 2 nitrogen and oxygen atoms in total. The highest BCUT2D eigenvalue weighted by Crippen LogP contribution is 2.12.